The minimum Gasteiger partial charge on any atom is -0.481 e. The van der Waals surface area contributed by atoms with E-state index in [9.17, 15) is 9.59 Å². The van der Waals surface area contributed by atoms with Gasteiger partial charge in [-0.1, -0.05) is 0 Å². The highest BCUT2D eigenvalue weighted by molar-refractivity contribution is 5.69. The van der Waals surface area contributed by atoms with Crippen LogP contribution in [0.3, 0.4) is 0 Å². The molecule has 0 aliphatic carbocycles. The van der Waals surface area contributed by atoms with Crippen molar-refractivity contribution in [3.63, 3.8) is 0 Å². The summed E-state index contributed by atoms with van der Waals surface area (Å²) < 4.78 is 6.10. The van der Waals surface area contributed by atoms with Gasteiger partial charge in [-0.05, 0) is 12.1 Å². The molecule has 0 saturated heterocycles. The second-order valence-corrected chi connectivity index (χ2v) is 2.99. The van der Waals surface area contributed by atoms with Gasteiger partial charge in [0.25, 0.3) is 0 Å². The number of oxazole rings is 1. The van der Waals surface area contributed by atoms with Crippen molar-refractivity contribution in [3.05, 3.63) is 28.9 Å². The number of nitrogens with zero attached hydrogens (tertiary/aromatic N) is 2. The molecule has 0 atom stereocenters. The monoisotopic (exact) mass is 208 g/mol. The van der Waals surface area contributed by atoms with Crippen molar-refractivity contribution in [2.45, 2.75) is 13.0 Å². The van der Waals surface area contributed by atoms with E-state index in [0.717, 1.165) is 0 Å². The van der Waals surface area contributed by atoms with E-state index in [2.05, 4.69) is 4.98 Å². The number of fused-ring (bicyclic) bond motifs is 1. The average molecular weight is 208 g/mol. The zero-order valence-electron chi connectivity index (χ0n) is 7.71. The molecule has 0 unspecified atom stereocenters. The number of carboxylic acids is 1. The van der Waals surface area contributed by atoms with Gasteiger partial charge in [0.05, 0.1) is 6.42 Å². The third-order valence-corrected chi connectivity index (χ3v) is 2.00. The first kappa shape index (κ1) is 9.45. The summed E-state index contributed by atoms with van der Waals surface area (Å²) in [7, 11) is 0. The summed E-state index contributed by atoms with van der Waals surface area (Å²) in [5.74, 6) is -1.54. The van der Waals surface area contributed by atoms with Gasteiger partial charge in [0.1, 0.15) is 5.52 Å². The van der Waals surface area contributed by atoms with E-state index in [-0.39, 0.29) is 18.7 Å². The molecule has 0 aliphatic rings. The summed E-state index contributed by atoms with van der Waals surface area (Å²) >= 11 is 0. The van der Waals surface area contributed by atoms with E-state index in [4.69, 9.17) is 9.52 Å². The lowest BCUT2D eigenvalue weighted by Crippen LogP contribution is -2.16. The Kier molecular flexibility index (Phi) is 2.24. The van der Waals surface area contributed by atoms with Gasteiger partial charge in [0.15, 0.2) is 0 Å². The molecule has 0 aliphatic heterocycles. The van der Waals surface area contributed by atoms with E-state index in [1.54, 1.807) is 12.1 Å². The molecule has 6 heteroatoms. The predicted molar refractivity (Wildman–Crippen MR) is 50.5 cm³/mol. The molecule has 0 saturated carbocycles. The Bertz CT molecular complexity index is 554. The van der Waals surface area contributed by atoms with Crippen LogP contribution in [0.1, 0.15) is 6.42 Å². The molecule has 0 aromatic carbocycles. The summed E-state index contributed by atoms with van der Waals surface area (Å²) in [5, 5.41) is 8.51. The van der Waals surface area contributed by atoms with Crippen molar-refractivity contribution in [1.29, 1.82) is 0 Å². The molecular weight excluding hydrogens is 200 g/mol. The smallest absolute Gasteiger partial charge is 0.421 e. The highest BCUT2D eigenvalue weighted by atomic mass is 16.4. The predicted octanol–water partition coefficient (Wildman–Crippen LogP) is 0.464. The Morgan fingerprint density at radius 3 is 3.13 bits per heavy atom. The molecule has 0 spiro atoms. The fourth-order valence-electron chi connectivity index (χ4n) is 1.32. The number of carboxylic acid groups (broad SMARTS) is 1. The van der Waals surface area contributed by atoms with E-state index in [0.29, 0.717) is 5.52 Å². The summed E-state index contributed by atoms with van der Waals surface area (Å²) in [5.41, 5.74) is 0.747. The largest absolute Gasteiger partial charge is 0.481 e. The van der Waals surface area contributed by atoms with Crippen LogP contribution in [0.15, 0.2) is 27.5 Å². The number of rotatable bonds is 3. The van der Waals surface area contributed by atoms with Crippen molar-refractivity contribution >= 4 is 17.2 Å². The molecule has 2 aromatic heterocycles. The minimum atomic E-state index is -0.958. The number of hydrogen-bond acceptors (Lipinski definition) is 4. The van der Waals surface area contributed by atoms with Crippen LogP contribution in [0.25, 0.3) is 11.2 Å². The van der Waals surface area contributed by atoms with Crippen molar-refractivity contribution in [3.8, 4) is 0 Å². The second-order valence-electron chi connectivity index (χ2n) is 2.99. The molecule has 78 valence electrons. The number of hydrogen-bond donors (Lipinski definition) is 1. The fraction of sp³-hybridized carbons (Fsp3) is 0.222. The van der Waals surface area contributed by atoms with Gasteiger partial charge in [-0.2, -0.15) is 0 Å². The van der Waals surface area contributed by atoms with Crippen molar-refractivity contribution in [2.24, 2.45) is 0 Å². The number of aliphatic carboxylic acids is 1. The number of aryl methyl sites for hydroxylation is 1. The second kappa shape index (κ2) is 3.56. The van der Waals surface area contributed by atoms with Crippen LogP contribution >= 0.6 is 0 Å². The van der Waals surface area contributed by atoms with E-state index >= 15 is 0 Å². The van der Waals surface area contributed by atoms with E-state index in [1.807, 2.05) is 0 Å². The van der Waals surface area contributed by atoms with Crippen molar-refractivity contribution in [2.75, 3.05) is 0 Å². The lowest BCUT2D eigenvalue weighted by Gasteiger charge is -1.97. The quantitative estimate of drug-likeness (QED) is 0.792. The SMILES string of the molecule is O=C(O)CCn1c(=O)oc2ncccc21. The van der Waals surface area contributed by atoms with Gasteiger partial charge in [0.2, 0.25) is 5.71 Å². The lowest BCUT2D eigenvalue weighted by atomic mass is 10.4. The number of aromatic nitrogens is 2. The van der Waals surface area contributed by atoms with Gasteiger partial charge in [0, 0.05) is 12.7 Å². The van der Waals surface area contributed by atoms with Crippen LogP contribution in [-0.2, 0) is 11.3 Å². The molecule has 2 rings (SSSR count). The van der Waals surface area contributed by atoms with Crippen molar-refractivity contribution in [1.82, 2.24) is 9.55 Å². The van der Waals surface area contributed by atoms with Gasteiger partial charge in [-0.15, -0.1) is 0 Å². The Balaban J connectivity index is 2.45. The third-order valence-electron chi connectivity index (χ3n) is 2.00. The maximum atomic E-state index is 11.3. The fourth-order valence-corrected chi connectivity index (χ4v) is 1.32. The highest BCUT2D eigenvalue weighted by Gasteiger charge is 2.10. The molecule has 0 amide bonds. The van der Waals surface area contributed by atoms with Crippen LogP contribution in [0, 0.1) is 0 Å². The minimum absolute atomic E-state index is 0.0901. The van der Waals surface area contributed by atoms with Gasteiger partial charge in [-0.3, -0.25) is 9.36 Å². The first-order valence-electron chi connectivity index (χ1n) is 4.34. The van der Waals surface area contributed by atoms with Gasteiger partial charge >= 0.3 is 11.7 Å². The molecule has 0 radical (unpaired) electrons. The molecule has 0 bridgehead atoms. The van der Waals surface area contributed by atoms with Gasteiger partial charge in [-0.25, -0.2) is 9.78 Å². The molecule has 15 heavy (non-hydrogen) atoms. The van der Waals surface area contributed by atoms with Crippen LogP contribution in [0.4, 0.5) is 0 Å². The Morgan fingerprint density at radius 1 is 1.60 bits per heavy atom. The number of carbonyl (C=O) groups is 1. The number of pyridine rings is 1. The zero-order chi connectivity index (χ0) is 10.8. The Morgan fingerprint density at radius 2 is 2.40 bits per heavy atom. The van der Waals surface area contributed by atoms with E-state index in [1.165, 1.54) is 10.8 Å². The first-order valence-corrected chi connectivity index (χ1v) is 4.34. The highest BCUT2D eigenvalue weighted by Crippen LogP contribution is 2.08. The molecule has 2 aromatic rings. The molecule has 1 N–H and O–H groups in total. The van der Waals surface area contributed by atoms with Crippen LogP contribution in [0.2, 0.25) is 0 Å². The Labute approximate surface area is 83.8 Å². The first-order chi connectivity index (χ1) is 7.18. The molecule has 0 fully saturated rings. The molecular formula is C9H8N2O4. The maximum absolute atomic E-state index is 11.3. The average Bonchev–Trinajstić information content (AvgIpc) is 2.50. The van der Waals surface area contributed by atoms with Crippen LogP contribution in [0.5, 0.6) is 0 Å². The Hall–Kier alpha value is -2.11. The standard InChI is InChI=1S/C9H8N2O4/c12-7(13)3-5-11-6-2-1-4-10-8(6)15-9(11)14/h1-2,4H,3,5H2,(H,12,13). The van der Waals surface area contributed by atoms with Crippen LogP contribution in [-0.4, -0.2) is 20.6 Å². The van der Waals surface area contributed by atoms with Crippen LogP contribution < -0.4 is 5.76 Å². The summed E-state index contributed by atoms with van der Waals surface area (Å²) in [6.45, 7) is 0.0901. The topological polar surface area (TPSA) is 85.3 Å². The molecule has 6 nitrogen and oxygen atoms in total. The lowest BCUT2D eigenvalue weighted by molar-refractivity contribution is -0.137. The molecule has 2 heterocycles. The summed E-state index contributed by atoms with van der Waals surface area (Å²) in [4.78, 5) is 25.5. The summed E-state index contributed by atoms with van der Waals surface area (Å²) in [6, 6.07) is 3.32. The van der Waals surface area contributed by atoms with Gasteiger partial charge < -0.3 is 9.52 Å². The third kappa shape index (κ3) is 1.74. The summed E-state index contributed by atoms with van der Waals surface area (Å²) in [6.07, 6.45) is 1.39. The van der Waals surface area contributed by atoms with Crippen molar-refractivity contribution < 1.29 is 14.3 Å². The van der Waals surface area contributed by atoms with E-state index < -0.39 is 11.7 Å². The zero-order valence-corrected chi connectivity index (χ0v) is 7.71. The maximum Gasteiger partial charge on any atom is 0.421 e. The normalized spacial score (nSPS) is 10.7.